The predicted molar refractivity (Wildman–Crippen MR) is 138 cm³/mol. The second kappa shape index (κ2) is 13.5. The molecule has 1 fully saturated rings. The van der Waals surface area contributed by atoms with E-state index in [2.05, 4.69) is 42.2 Å². The summed E-state index contributed by atoms with van der Waals surface area (Å²) in [6, 6.07) is 15.6. The number of nitrogens with two attached hydrogens (primary N) is 1. The van der Waals surface area contributed by atoms with Crippen LogP contribution in [0.5, 0.6) is 0 Å². The van der Waals surface area contributed by atoms with E-state index in [-0.39, 0.29) is 0 Å². The van der Waals surface area contributed by atoms with Crippen LogP contribution in [0.3, 0.4) is 0 Å². The summed E-state index contributed by atoms with van der Waals surface area (Å²) in [5.74, 6) is 7.33. The highest BCUT2D eigenvalue weighted by molar-refractivity contribution is 6.31. The number of aliphatic hydroxyl groups is 1. The summed E-state index contributed by atoms with van der Waals surface area (Å²) in [5.41, 5.74) is 12.1. The van der Waals surface area contributed by atoms with E-state index in [1.807, 2.05) is 19.9 Å². The van der Waals surface area contributed by atoms with Crippen molar-refractivity contribution in [3.8, 4) is 17.9 Å². The van der Waals surface area contributed by atoms with E-state index in [4.69, 9.17) is 32.7 Å². The molecule has 3 N–H and O–H groups in total. The number of allylic oxidation sites excluding steroid dienone is 1. The van der Waals surface area contributed by atoms with E-state index in [9.17, 15) is 0 Å². The zero-order chi connectivity index (χ0) is 24.2. The predicted octanol–water partition coefficient (Wildman–Crippen LogP) is 6.10. The Morgan fingerprint density at radius 1 is 1.09 bits per heavy atom. The molecule has 172 valence electrons. The fourth-order valence-corrected chi connectivity index (χ4v) is 3.86. The van der Waals surface area contributed by atoms with Gasteiger partial charge in [0, 0.05) is 30.0 Å². The number of rotatable bonds is 4. The van der Waals surface area contributed by atoms with Gasteiger partial charge in [-0.15, -0.1) is 0 Å². The minimum Gasteiger partial charge on any atom is -0.400 e. The third kappa shape index (κ3) is 7.79. The van der Waals surface area contributed by atoms with E-state index in [1.54, 1.807) is 12.1 Å². The molecule has 1 saturated carbocycles. The highest BCUT2D eigenvalue weighted by atomic mass is 35.5. The Labute approximate surface area is 202 Å². The molecule has 0 bridgehead atoms. The minimum absolute atomic E-state index is 0.400. The molecule has 2 aromatic rings. The van der Waals surface area contributed by atoms with Crippen molar-refractivity contribution in [2.75, 3.05) is 7.11 Å². The summed E-state index contributed by atoms with van der Waals surface area (Å²) in [4.78, 5) is 4.70. The van der Waals surface area contributed by atoms with Crippen molar-refractivity contribution >= 4 is 23.0 Å². The molecule has 1 aliphatic carbocycles. The summed E-state index contributed by atoms with van der Waals surface area (Å²) in [5, 5.41) is 16.4. The van der Waals surface area contributed by atoms with Gasteiger partial charge in [-0.2, -0.15) is 5.26 Å². The molecule has 0 radical (unpaired) electrons. The molecule has 0 atom stereocenters. The molecule has 0 amide bonds. The second-order valence-corrected chi connectivity index (χ2v) is 8.46. The van der Waals surface area contributed by atoms with Crippen LogP contribution >= 0.6 is 11.6 Å². The third-order valence-corrected chi connectivity index (χ3v) is 6.14. The van der Waals surface area contributed by atoms with Gasteiger partial charge in [0.25, 0.3) is 0 Å². The van der Waals surface area contributed by atoms with Gasteiger partial charge in [-0.1, -0.05) is 60.9 Å². The first-order valence-electron chi connectivity index (χ1n) is 11.2. The molecular weight excluding hydrogens is 430 g/mol. The maximum atomic E-state index is 9.03. The SMILES string of the molecule is CC(=NCc1ccc(C#CC2CCCCC2)cc1)/C(C)=C(\N)c1ccc(C#N)c(Cl)c1.CO. The van der Waals surface area contributed by atoms with Crippen LogP contribution in [-0.4, -0.2) is 17.9 Å². The summed E-state index contributed by atoms with van der Waals surface area (Å²) in [6.45, 7) is 4.49. The molecule has 0 heterocycles. The molecule has 33 heavy (non-hydrogen) atoms. The van der Waals surface area contributed by atoms with Gasteiger partial charge >= 0.3 is 0 Å². The Balaban J connectivity index is 0.00000187. The molecular formula is C28H32ClN3O. The van der Waals surface area contributed by atoms with E-state index < -0.39 is 0 Å². The smallest absolute Gasteiger partial charge is 0.101 e. The van der Waals surface area contributed by atoms with Gasteiger partial charge in [0.2, 0.25) is 0 Å². The lowest BCUT2D eigenvalue weighted by Gasteiger charge is -2.15. The summed E-state index contributed by atoms with van der Waals surface area (Å²) in [7, 11) is 1.00. The number of aliphatic hydroxyl groups excluding tert-OH is 1. The van der Waals surface area contributed by atoms with Crippen molar-refractivity contribution in [3.05, 3.63) is 75.3 Å². The van der Waals surface area contributed by atoms with E-state index in [1.165, 1.54) is 32.1 Å². The van der Waals surface area contributed by atoms with Crippen LogP contribution in [0.4, 0.5) is 0 Å². The van der Waals surface area contributed by atoms with Crippen molar-refractivity contribution in [1.82, 2.24) is 0 Å². The first kappa shape index (κ1) is 26.2. The fourth-order valence-electron chi connectivity index (χ4n) is 3.64. The lowest BCUT2D eigenvalue weighted by atomic mass is 9.89. The highest BCUT2D eigenvalue weighted by Crippen LogP contribution is 2.23. The second-order valence-electron chi connectivity index (χ2n) is 8.05. The molecule has 0 saturated heterocycles. The van der Waals surface area contributed by atoms with Crippen LogP contribution in [0.15, 0.2) is 53.0 Å². The van der Waals surface area contributed by atoms with Gasteiger partial charge in [0.05, 0.1) is 17.1 Å². The quantitative estimate of drug-likeness (QED) is 0.426. The zero-order valence-corrected chi connectivity index (χ0v) is 20.4. The van der Waals surface area contributed by atoms with E-state index in [0.717, 1.165) is 35.1 Å². The Hall–Kier alpha value is -3.05. The first-order chi connectivity index (χ1) is 16.0. The summed E-state index contributed by atoms with van der Waals surface area (Å²) in [6.07, 6.45) is 6.46. The van der Waals surface area contributed by atoms with Gasteiger partial charge in [-0.05, 0) is 67.7 Å². The average Bonchev–Trinajstić information content (AvgIpc) is 2.87. The Kier molecular flexibility index (Phi) is 10.7. The van der Waals surface area contributed by atoms with Gasteiger partial charge in [0.1, 0.15) is 6.07 Å². The van der Waals surface area contributed by atoms with Crippen molar-refractivity contribution in [3.63, 3.8) is 0 Å². The van der Waals surface area contributed by atoms with Gasteiger partial charge < -0.3 is 10.8 Å². The van der Waals surface area contributed by atoms with Crippen molar-refractivity contribution in [1.29, 1.82) is 5.26 Å². The van der Waals surface area contributed by atoms with Crippen LogP contribution in [0.25, 0.3) is 5.70 Å². The van der Waals surface area contributed by atoms with Crippen LogP contribution in [0.1, 0.15) is 68.2 Å². The topological polar surface area (TPSA) is 82.4 Å². The number of aliphatic imine (C=N–C) groups is 1. The molecule has 3 rings (SSSR count). The maximum absolute atomic E-state index is 9.03. The number of hydrogen-bond donors (Lipinski definition) is 2. The first-order valence-corrected chi connectivity index (χ1v) is 11.6. The molecule has 2 aromatic carbocycles. The monoisotopic (exact) mass is 461 g/mol. The number of hydrogen-bond acceptors (Lipinski definition) is 4. The Morgan fingerprint density at radius 3 is 2.36 bits per heavy atom. The lowest BCUT2D eigenvalue weighted by molar-refractivity contribution is 0.399. The van der Waals surface area contributed by atoms with Crippen molar-refractivity contribution < 1.29 is 5.11 Å². The fraction of sp³-hybridized carbons (Fsp3) is 0.357. The molecule has 0 spiro atoms. The Bertz CT molecular complexity index is 1090. The van der Waals surface area contributed by atoms with Crippen LogP contribution in [0, 0.1) is 29.1 Å². The van der Waals surface area contributed by atoms with E-state index in [0.29, 0.717) is 28.7 Å². The van der Waals surface area contributed by atoms with Crippen molar-refractivity contribution in [2.24, 2.45) is 16.6 Å². The standard InChI is InChI=1S/C27H28ClN3.CH4O/c1-19(27(30)24-14-15-25(17-29)26(28)16-24)20(2)31-18-23-12-10-22(11-13-23)9-8-21-6-4-3-5-7-21;1-2/h10-16,21H,3-7,18,30H2,1-2H3;2H,1H3/b27-19-,31-20?;. The minimum atomic E-state index is 0.400. The normalized spacial score (nSPS) is 14.7. The molecule has 4 nitrogen and oxygen atoms in total. The largest absolute Gasteiger partial charge is 0.400 e. The Morgan fingerprint density at radius 2 is 1.76 bits per heavy atom. The summed E-state index contributed by atoms with van der Waals surface area (Å²) >= 11 is 6.14. The lowest BCUT2D eigenvalue weighted by Crippen LogP contribution is -2.06. The molecule has 0 unspecified atom stereocenters. The number of nitriles is 1. The molecule has 0 aromatic heterocycles. The molecule has 5 heteroatoms. The summed E-state index contributed by atoms with van der Waals surface area (Å²) < 4.78 is 0. The number of benzene rings is 2. The zero-order valence-electron chi connectivity index (χ0n) is 19.7. The van der Waals surface area contributed by atoms with Crippen molar-refractivity contribution in [2.45, 2.75) is 52.5 Å². The van der Waals surface area contributed by atoms with Crippen LogP contribution in [-0.2, 0) is 6.54 Å². The van der Waals surface area contributed by atoms with E-state index >= 15 is 0 Å². The number of halogens is 1. The highest BCUT2D eigenvalue weighted by Gasteiger charge is 2.10. The van der Waals surface area contributed by atoms with Gasteiger partial charge in [-0.25, -0.2) is 0 Å². The van der Waals surface area contributed by atoms with Crippen LogP contribution in [0.2, 0.25) is 5.02 Å². The third-order valence-electron chi connectivity index (χ3n) is 5.83. The average molecular weight is 462 g/mol. The number of nitrogens with zero attached hydrogens (tertiary/aromatic N) is 2. The van der Waals surface area contributed by atoms with Gasteiger partial charge in [0.15, 0.2) is 0 Å². The maximum Gasteiger partial charge on any atom is 0.101 e. The van der Waals surface area contributed by atoms with Crippen LogP contribution < -0.4 is 5.73 Å². The molecule has 1 aliphatic rings. The molecule has 0 aliphatic heterocycles. The van der Waals surface area contributed by atoms with Gasteiger partial charge in [-0.3, -0.25) is 4.99 Å².